The van der Waals surface area contributed by atoms with Crippen molar-refractivity contribution >= 4 is 0 Å². The number of benzene rings is 5. The van der Waals surface area contributed by atoms with Crippen molar-refractivity contribution in [3.63, 3.8) is 0 Å². The molecule has 5 aromatic rings. The van der Waals surface area contributed by atoms with Gasteiger partial charge in [-0.15, -0.1) is 0 Å². The number of hydrogen-bond donors (Lipinski definition) is 0. The quantitative estimate of drug-likeness (QED) is 0.0695. The summed E-state index contributed by atoms with van der Waals surface area (Å²) in [7, 11) is 0. The van der Waals surface area contributed by atoms with Crippen molar-refractivity contribution < 1.29 is 32.1 Å². The van der Waals surface area contributed by atoms with E-state index in [1.165, 1.54) is 16.7 Å². The summed E-state index contributed by atoms with van der Waals surface area (Å²) >= 11 is 0. The van der Waals surface area contributed by atoms with Crippen LogP contribution in [-0.2, 0) is 37.6 Å². The summed E-state index contributed by atoms with van der Waals surface area (Å²) in [5.74, 6) is 0. The van der Waals surface area contributed by atoms with Gasteiger partial charge in [0.15, 0.2) is 0 Å². The van der Waals surface area contributed by atoms with E-state index in [9.17, 15) is 13.2 Å². The molecule has 0 saturated carbocycles. The smallest absolute Gasteiger partial charge is 0.372 e. The predicted octanol–water partition coefficient (Wildman–Crippen LogP) is 12.4. The monoisotopic (exact) mass is 788 g/mol. The van der Waals surface area contributed by atoms with Gasteiger partial charge in [-0.2, -0.15) is 13.2 Å². The molecule has 4 nitrogen and oxygen atoms in total. The van der Waals surface area contributed by atoms with Gasteiger partial charge in [0.25, 0.3) is 0 Å². The van der Waals surface area contributed by atoms with Crippen LogP contribution in [0.3, 0.4) is 0 Å². The molecule has 0 unspecified atom stereocenters. The Hall–Kier alpha value is -4.53. The van der Waals surface area contributed by atoms with Crippen LogP contribution in [0.1, 0.15) is 85.6 Å². The average Bonchev–Trinajstić information content (AvgIpc) is 3.26. The topological polar surface area (TPSA) is 36.9 Å². The highest BCUT2D eigenvalue weighted by molar-refractivity contribution is 5.52. The van der Waals surface area contributed by atoms with E-state index in [2.05, 4.69) is 115 Å². The van der Waals surface area contributed by atoms with Crippen molar-refractivity contribution in [3.8, 4) is 0 Å². The number of hydrogen-bond acceptors (Lipinski definition) is 4. The highest BCUT2D eigenvalue weighted by Gasteiger charge is 2.48. The summed E-state index contributed by atoms with van der Waals surface area (Å²) < 4.78 is 66.4. The fraction of sp³-hybridized carbons (Fsp3) is 0.373. The van der Waals surface area contributed by atoms with Crippen LogP contribution in [0.5, 0.6) is 0 Å². The van der Waals surface area contributed by atoms with Crippen LogP contribution >= 0.6 is 0 Å². The van der Waals surface area contributed by atoms with Crippen LogP contribution in [0.2, 0.25) is 0 Å². The van der Waals surface area contributed by atoms with E-state index in [0.29, 0.717) is 38.9 Å². The van der Waals surface area contributed by atoms with Gasteiger partial charge >= 0.3 is 6.18 Å². The molecule has 5 aromatic carbocycles. The lowest BCUT2D eigenvalue weighted by Crippen LogP contribution is -2.51. The highest BCUT2D eigenvalue weighted by atomic mass is 19.4. The van der Waals surface area contributed by atoms with Crippen molar-refractivity contribution in [2.45, 2.75) is 119 Å². The van der Waals surface area contributed by atoms with Gasteiger partial charge in [0.05, 0.1) is 61.7 Å². The maximum atomic E-state index is 13.3. The van der Waals surface area contributed by atoms with Crippen molar-refractivity contribution in [1.82, 2.24) is 0 Å². The van der Waals surface area contributed by atoms with Crippen molar-refractivity contribution in [3.05, 3.63) is 192 Å². The summed E-state index contributed by atoms with van der Waals surface area (Å²) in [6, 6.07) is 52.3. The lowest BCUT2D eigenvalue weighted by atomic mass is 9.64. The molecule has 2 fully saturated rings. The van der Waals surface area contributed by atoms with E-state index in [-0.39, 0.29) is 24.4 Å². The second kappa shape index (κ2) is 20.4. The molecule has 0 amide bonds. The van der Waals surface area contributed by atoms with E-state index >= 15 is 0 Å². The molecule has 7 heteroatoms. The van der Waals surface area contributed by atoms with E-state index in [4.69, 9.17) is 18.9 Å². The number of allylic oxidation sites excluding steroid dienone is 2. The molecule has 0 bridgehead atoms. The predicted molar refractivity (Wildman–Crippen MR) is 223 cm³/mol. The SMILES string of the molecule is FC(F)(F)C[C@@H]1CC[C@H](OCc2ccccc2)[C@@H](CC/C=C\CC[C@H]2O[C@H](C(c3ccccc3)(c3ccccc3)c3ccccc3)CC[C@H]2OCc2ccccc2)O1. The Morgan fingerprint density at radius 3 is 1.33 bits per heavy atom. The van der Waals surface area contributed by atoms with E-state index < -0.39 is 30.2 Å². The van der Waals surface area contributed by atoms with Crippen LogP contribution in [0.25, 0.3) is 0 Å². The zero-order valence-corrected chi connectivity index (χ0v) is 33.1. The molecule has 0 aromatic heterocycles. The van der Waals surface area contributed by atoms with Crippen LogP contribution < -0.4 is 0 Å². The number of rotatable bonds is 17. The molecule has 2 heterocycles. The first-order valence-electron chi connectivity index (χ1n) is 20.9. The van der Waals surface area contributed by atoms with Crippen molar-refractivity contribution in [2.24, 2.45) is 0 Å². The van der Waals surface area contributed by atoms with Crippen LogP contribution in [-0.4, -0.2) is 42.8 Å². The maximum absolute atomic E-state index is 13.3. The fourth-order valence-corrected chi connectivity index (χ4v) is 8.90. The fourth-order valence-electron chi connectivity index (χ4n) is 8.90. The van der Waals surface area contributed by atoms with Crippen molar-refractivity contribution in [1.29, 1.82) is 0 Å². The summed E-state index contributed by atoms with van der Waals surface area (Å²) in [4.78, 5) is 0. The molecule has 0 spiro atoms. The molecule has 6 atom stereocenters. The minimum atomic E-state index is -4.27. The third kappa shape index (κ3) is 10.9. The molecule has 58 heavy (non-hydrogen) atoms. The second-order valence-corrected chi connectivity index (χ2v) is 15.6. The lowest BCUT2D eigenvalue weighted by Gasteiger charge is -2.47. The molecular formula is C51H55F3O4. The highest BCUT2D eigenvalue weighted by Crippen LogP contribution is 2.47. The largest absolute Gasteiger partial charge is 0.391 e. The molecule has 2 aliphatic rings. The molecule has 2 aliphatic heterocycles. The van der Waals surface area contributed by atoms with E-state index in [1.807, 2.05) is 48.5 Å². The molecule has 7 rings (SSSR count). The van der Waals surface area contributed by atoms with Gasteiger partial charge in [0, 0.05) is 0 Å². The maximum Gasteiger partial charge on any atom is 0.391 e. The second-order valence-electron chi connectivity index (χ2n) is 15.6. The zero-order valence-electron chi connectivity index (χ0n) is 33.1. The van der Waals surface area contributed by atoms with Gasteiger partial charge in [-0.25, -0.2) is 0 Å². The zero-order chi connectivity index (χ0) is 40.0. The Kier molecular flexibility index (Phi) is 14.7. The van der Waals surface area contributed by atoms with E-state index in [1.54, 1.807) is 0 Å². The molecule has 0 radical (unpaired) electrons. The number of halogens is 3. The van der Waals surface area contributed by atoms with Crippen LogP contribution in [0.4, 0.5) is 13.2 Å². The Morgan fingerprint density at radius 1 is 0.500 bits per heavy atom. The summed E-state index contributed by atoms with van der Waals surface area (Å²) in [6.07, 6.45) is 2.53. The minimum Gasteiger partial charge on any atom is -0.372 e. The van der Waals surface area contributed by atoms with Gasteiger partial charge in [-0.1, -0.05) is 164 Å². The van der Waals surface area contributed by atoms with E-state index in [0.717, 1.165) is 36.8 Å². The first-order valence-corrected chi connectivity index (χ1v) is 20.9. The van der Waals surface area contributed by atoms with Gasteiger partial charge in [0.2, 0.25) is 0 Å². The molecular weight excluding hydrogens is 734 g/mol. The third-order valence-corrected chi connectivity index (χ3v) is 11.7. The normalized spacial score (nSPS) is 22.9. The lowest BCUT2D eigenvalue weighted by molar-refractivity contribution is -0.198. The van der Waals surface area contributed by atoms with Gasteiger partial charge in [0.1, 0.15) is 0 Å². The Labute approximate surface area is 342 Å². The minimum absolute atomic E-state index is 0.0893. The summed E-state index contributed by atoms with van der Waals surface area (Å²) in [5, 5.41) is 0. The van der Waals surface area contributed by atoms with Crippen LogP contribution in [0, 0.1) is 0 Å². The van der Waals surface area contributed by atoms with Gasteiger partial charge in [-0.05, 0) is 79.2 Å². The van der Waals surface area contributed by atoms with Gasteiger partial charge in [-0.3, -0.25) is 0 Å². The molecule has 0 N–H and O–H groups in total. The Balaban J connectivity index is 1.07. The Bertz CT molecular complexity index is 1840. The number of ether oxygens (including phenoxy) is 4. The summed E-state index contributed by atoms with van der Waals surface area (Å²) in [5.41, 5.74) is 5.18. The van der Waals surface area contributed by atoms with Crippen LogP contribution in [0.15, 0.2) is 164 Å². The van der Waals surface area contributed by atoms with Gasteiger partial charge < -0.3 is 18.9 Å². The Morgan fingerprint density at radius 2 is 0.897 bits per heavy atom. The standard InChI is InChI=1S/C51H55F3O4/c52-50(53,54)36-44-32-33-45(55-37-39-20-8-3-9-21-39)47(57-44)30-18-1-2-19-31-48-46(56-38-40-22-10-4-11-23-40)34-35-49(58-48)51(41-24-12-5-13-25-41,42-26-14-6-15-27-42)43-28-16-7-17-29-43/h1-17,20-29,44-49H,18-19,30-38H2/b2-1-/t44-,45-,46+,47+,48+,49-/m0/s1. The third-order valence-electron chi connectivity index (χ3n) is 11.7. The number of alkyl halides is 3. The molecule has 304 valence electrons. The first kappa shape index (κ1) is 41.6. The molecule has 2 saturated heterocycles. The average molecular weight is 789 g/mol. The van der Waals surface area contributed by atoms with Crippen molar-refractivity contribution in [2.75, 3.05) is 0 Å². The molecule has 0 aliphatic carbocycles. The summed E-state index contributed by atoms with van der Waals surface area (Å²) in [6.45, 7) is 0.915. The first-order chi connectivity index (χ1) is 28.4.